The van der Waals surface area contributed by atoms with Crippen molar-refractivity contribution < 1.29 is 32.7 Å². The van der Waals surface area contributed by atoms with Gasteiger partial charge in [0.25, 0.3) is 5.09 Å². The van der Waals surface area contributed by atoms with E-state index in [-0.39, 0.29) is 55.5 Å². The van der Waals surface area contributed by atoms with Crippen molar-refractivity contribution in [1.29, 1.82) is 0 Å². The van der Waals surface area contributed by atoms with Crippen molar-refractivity contribution in [3.63, 3.8) is 0 Å². The molecule has 11 nitrogen and oxygen atoms in total. The predicted molar refractivity (Wildman–Crippen MR) is 418 cm³/mol. The van der Waals surface area contributed by atoms with Gasteiger partial charge in [0.2, 0.25) is 0 Å². The third kappa shape index (κ3) is 42.4. The molecule has 2 heterocycles. The average molecular weight is 1640 g/mol. The summed E-state index contributed by atoms with van der Waals surface area (Å²) in [5.41, 5.74) is 10.8. The number of rotatable bonds is 10. The van der Waals surface area contributed by atoms with E-state index in [0.717, 1.165) is 43.2 Å². The third-order valence-corrected chi connectivity index (χ3v) is 18.3. The van der Waals surface area contributed by atoms with Crippen molar-refractivity contribution in [1.82, 2.24) is 10.0 Å². The predicted octanol–water partition coefficient (Wildman–Crippen LogP) is 17.4. The van der Waals surface area contributed by atoms with Crippen molar-refractivity contribution in [2.24, 2.45) is 20.7 Å². The number of halogens is 3. The molecule has 0 saturated carbocycles. The summed E-state index contributed by atoms with van der Waals surface area (Å²) in [5.74, 6) is 0. The first-order chi connectivity index (χ1) is 42.3. The average Bonchev–Trinajstić information content (AvgIpc) is 3.71. The molecule has 2 aliphatic rings. The Morgan fingerprint density at radius 1 is 0.478 bits per heavy atom. The zero-order chi connectivity index (χ0) is 63.6. The number of nitrogens with zero attached hydrogens (tertiary/aromatic N) is 7. The van der Waals surface area contributed by atoms with E-state index in [1.54, 1.807) is 0 Å². The van der Waals surface area contributed by atoms with Gasteiger partial charge in [-0.25, -0.2) is 0 Å². The zero-order valence-electron chi connectivity index (χ0n) is 51.4. The summed E-state index contributed by atoms with van der Waals surface area (Å²) in [6, 6.07) is 84.2. The molecule has 2 aliphatic heterocycles. The van der Waals surface area contributed by atoms with E-state index < -0.39 is 12.5 Å². The van der Waals surface area contributed by atoms with Crippen molar-refractivity contribution in [2.45, 2.75) is 79.4 Å². The number of nitrogen functional groups attached to an aromatic ring is 1. The molecule has 90 heavy (non-hydrogen) atoms. The molecule has 2 fully saturated rings. The Hall–Kier alpha value is -4.79. The van der Waals surface area contributed by atoms with E-state index in [0.29, 0.717) is 0 Å². The maximum atomic E-state index is 8.36. The van der Waals surface area contributed by atoms with Gasteiger partial charge >= 0.3 is 0 Å². The molecule has 3 N–H and O–H groups in total. The van der Waals surface area contributed by atoms with Crippen LogP contribution in [0.4, 0.5) is 17.1 Å². The summed E-state index contributed by atoms with van der Waals surface area (Å²) in [5, 5.41) is 44.8. The largest absolute Gasteiger partial charge is 0.399 e. The Kier molecular flexibility index (Phi) is 44.2. The second-order valence-electron chi connectivity index (χ2n) is 21.2. The molecule has 9 aromatic rings. The number of nitrogens with two attached hydrogens (primary N) is 1. The van der Waals surface area contributed by atoms with Crippen molar-refractivity contribution in [3.05, 3.63) is 271 Å². The van der Waals surface area contributed by atoms with Gasteiger partial charge in [-0.3, -0.25) is 10.0 Å². The Morgan fingerprint density at radius 2 is 0.722 bits per heavy atom. The van der Waals surface area contributed by atoms with Crippen molar-refractivity contribution >= 4 is 153 Å². The summed E-state index contributed by atoms with van der Waals surface area (Å²) in [7, 11) is 2.18. The number of hydrogen-bond acceptors (Lipinski definition) is 7. The SMILES string of the molecule is C.C[Si](C)(C)Cl.Cc1ccc([PH2+]c2ccccc2)cc1.Cc1ccc([PH2+]c2ccccc2)cc1.Ic1ccc(N=NN2CCCCC2)cc1.Nc1ccc(I)cc1.O=[N+]([O-])O.Pc1ccccc1.[Ag].c1ccc([PH2+]c2ccc(N=NN3CCCCC3)cc2)cc1. The maximum Gasteiger partial charge on any atom is 0.291 e. The molecule has 0 spiro atoms. The minimum Gasteiger partial charge on any atom is -0.399 e. The van der Waals surface area contributed by atoms with E-state index in [1.807, 2.05) is 78.9 Å². The molecule has 0 amide bonds. The van der Waals surface area contributed by atoms with Gasteiger partial charge < -0.3 is 10.9 Å². The molecule has 2 saturated heterocycles. The van der Waals surface area contributed by atoms with Gasteiger partial charge in [0.05, 0.1) is 68.9 Å². The van der Waals surface area contributed by atoms with Crippen LogP contribution in [0.5, 0.6) is 0 Å². The van der Waals surface area contributed by atoms with E-state index in [4.69, 9.17) is 32.1 Å². The summed E-state index contributed by atoms with van der Waals surface area (Å²) in [6.45, 7) is 14.7. The fourth-order valence-electron chi connectivity index (χ4n) is 7.77. The third-order valence-electron chi connectivity index (χ3n) is 12.2. The Bertz CT molecular complexity index is 3200. The molecule has 481 valence electrons. The Labute approximate surface area is 592 Å². The Morgan fingerprint density at radius 3 is 0.989 bits per heavy atom. The molecule has 4 atom stereocenters. The fourth-order valence-corrected chi connectivity index (χ4v) is 12.3. The van der Waals surface area contributed by atoms with Crippen LogP contribution < -0.4 is 42.9 Å². The number of piperidine rings is 2. The van der Waals surface area contributed by atoms with Crippen LogP contribution in [0, 0.1) is 31.1 Å². The first-order valence-electron chi connectivity index (χ1n) is 29.2. The van der Waals surface area contributed by atoms with Gasteiger partial charge in [-0.1, -0.05) is 158 Å². The molecule has 1 radical (unpaired) electrons. The molecular weight excluding hydrogens is 1550 g/mol. The van der Waals surface area contributed by atoms with Gasteiger partial charge in [-0.15, -0.1) is 29.6 Å². The van der Waals surface area contributed by atoms with Crippen molar-refractivity contribution in [3.8, 4) is 0 Å². The van der Waals surface area contributed by atoms with E-state index in [9.17, 15) is 0 Å². The minimum absolute atomic E-state index is 0. The van der Waals surface area contributed by atoms with Gasteiger partial charge in [0.15, 0.2) is 0 Å². The van der Waals surface area contributed by atoms with Gasteiger partial charge in [0, 0.05) is 61.4 Å². The molecule has 11 rings (SSSR count). The maximum absolute atomic E-state index is 8.36. The molecular formula is C70H90AgClI2N8O3P4Si+3. The molecule has 0 aliphatic carbocycles. The minimum atomic E-state index is -1.50. The number of benzene rings is 9. The summed E-state index contributed by atoms with van der Waals surface area (Å²) in [4.78, 5) is 8.36. The van der Waals surface area contributed by atoms with E-state index in [2.05, 4.69) is 282 Å². The number of aryl methyl sites for hydroxylation is 2. The normalized spacial score (nSPS) is 12.5. The molecule has 4 unspecified atom stereocenters. The topological polar surface area (TPSA) is 145 Å². The fraction of sp³-hybridized carbons (Fsp3) is 0.229. The summed E-state index contributed by atoms with van der Waals surface area (Å²) >= 11 is 10.2. The second kappa shape index (κ2) is 48.9. The van der Waals surface area contributed by atoms with Crippen LogP contribution in [-0.4, -0.2) is 53.9 Å². The molecule has 20 heteroatoms. The zero-order valence-corrected chi connectivity index (χ0v) is 63.6. The van der Waals surface area contributed by atoms with Gasteiger partial charge in [0.1, 0.15) is 7.38 Å². The smallest absolute Gasteiger partial charge is 0.291 e. The quantitative estimate of drug-likeness (QED) is 0.0204. The van der Waals surface area contributed by atoms with Gasteiger partial charge in [-0.05, 0) is 236 Å². The molecule has 0 bridgehead atoms. The van der Waals surface area contributed by atoms with Gasteiger partial charge in [-0.2, -0.15) is 11.1 Å². The first-order valence-corrected chi connectivity index (χ1v) is 39.9. The monoisotopic (exact) mass is 1640 g/mol. The van der Waals surface area contributed by atoms with Crippen molar-refractivity contribution in [2.75, 3.05) is 31.9 Å². The Balaban J connectivity index is 0.000000366. The van der Waals surface area contributed by atoms with Crippen LogP contribution in [0.25, 0.3) is 0 Å². The molecule has 9 aromatic carbocycles. The number of anilines is 1. The molecule has 0 aromatic heterocycles. The van der Waals surface area contributed by atoms with E-state index in [1.165, 1.54) is 93.9 Å². The van der Waals surface area contributed by atoms with E-state index >= 15 is 0 Å². The van der Waals surface area contributed by atoms with Crippen LogP contribution in [0.15, 0.2) is 263 Å². The summed E-state index contributed by atoms with van der Waals surface area (Å²) < 4.78 is 2.45. The first kappa shape index (κ1) is 81.3. The van der Waals surface area contributed by atoms with Crippen LogP contribution in [0.1, 0.15) is 57.1 Å². The van der Waals surface area contributed by atoms with Crippen LogP contribution in [0.3, 0.4) is 0 Å². The second-order valence-corrected chi connectivity index (χ2v) is 36.8. The number of hydrogen-bond donors (Lipinski definition) is 2. The standard InChI is InChI=1S/C17H20N3P.2C13H13P.C11H14IN3.C6H6IN.C6H7P.C3H9ClSi.CH4.Ag.HNO3/c1-3-7-16(8-4-1)21-17-11-9-15(10-12-17)18-19-20-13-5-2-6-14-20;2*1-11-7-9-13(10-8-11)14-12-5-3-2-4-6-12;12-10-4-6-11(7-5-10)13-14-15-8-2-1-3-9-15;7-5-1-3-6(8)4-2-5;7-6-4-2-1-3-5-6;1-5(2,3)4;;;2-1(3)4/h1,3-4,7-12,21H,2,5-6,13-14H2;2*2-10,14H,1H3;4-7H,1-3,8-9H2;1-4H,8H2;1-5H,7H2;1-3H3;1H4;;(H,2,3,4)/p+3. The van der Waals surface area contributed by atoms with Crippen LogP contribution >= 0.6 is 91.2 Å². The summed E-state index contributed by atoms with van der Waals surface area (Å²) in [6.07, 6.45) is 7.60. The van der Waals surface area contributed by atoms with Crippen LogP contribution in [0.2, 0.25) is 19.6 Å². The van der Waals surface area contributed by atoms with Crippen LogP contribution in [-0.2, 0) is 22.4 Å².